The number of hydrogen-bond acceptors (Lipinski definition) is 10. The molecule has 0 amide bonds. The molecule has 1 aliphatic heterocycles. The molecule has 3 aromatic rings. The summed E-state index contributed by atoms with van der Waals surface area (Å²) in [4.78, 5) is 24.3. The summed E-state index contributed by atoms with van der Waals surface area (Å²) in [5.41, 5.74) is 3.64. The Morgan fingerprint density at radius 2 is 1.90 bits per heavy atom. The van der Waals surface area contributed by atoms with Crippen LogP contribution in [0.4, 0.5) is 11.8 Å². The molecule has 0 spiro atoms. The van der Waals surface area contributed by atoms with Crippen molar-refractivity contribution in [3.8, 4) is 10.6 Å². The standard InChI is InChI=1S/C30H39N7O2S/c1-15-21(27-36-23-20(40-27)11-12-32-22(23)17-9-10-17)26(37-28(34-15)33-14-16-7-8-16)35-19-13-18(29(2,3)31-6)24-25(19)39-30(4,5)38-24/h11-12,16-19,24-25H,6-10,13-14H2,1-5H3,(H2,33,34,35,37)/t18-,19+,24+,25-/m0/s1. The van der Waals surface area contributed by atoms with Gasteiger partial charge in [-0.2, -0.15) is 4.98 Å². The molecule has 3 aromatic heterocycles. The molecule has 4 fully saturated rings. The van der Waals surface area contributed by atoms with Crippen LogP contribution in [0.15, 0.2) is 17.3 Å². The maximum Gasteiger partial charge on any atom is 0.224 e. The molecule has 7 rings (SSSR count). The second-order valence-electron chi connectivity index (χ2n) is 13.0. The molecule has 3 aliphatic carbocycles. The summed E-state index contributed by atoms with van der Waals surface area (Å²) < 4.78 is 14.1. The summed E-state index contributed by atoms with van der Waals surface area (Å²) in [6, 6.07) is 2.06. The number of pyridine rings is 1. The lowest BCUT2D eigenvalue weighted by molar-refractivity contribution is -0.159. The molecular weight excluding hydrogens is 522 g/mol. The lowest BCUT2D eigenvalue weighted by Crippen LogP contribution is -2.38. The average Bonchev–Trinajstić information content (AvgIpc) is 3.82. The first kappa shape index (κ1) is 26.2. The van der Waals surface area contributed by atoms with Crippen LogP contribution < -0.4 is 10.6 Å². The minimum absolute atomic E-state index is 0.0137. The topological polar surface area (TPSA) is 106 Å². The van der Waals surface area contributed by atoms with E-state index in [-0.39, 0.29) is 29.7 Å². The molecule has 0 bridgehead atoms. The number of fused-ring (bicyclic) bond motifs is 2. The number of rotatable bonds is 9. The van der Waals surface area contributed by atoms with Crippen LogP contribution in [0.5, 0.6) is 0 Å². The van der Waals surface area contributed by atoms with Crippen LogP contribution >= 0.6 is 11.3 Å². The van der Waals surface area contributed by atoms with Gasteiger partial charge in [-0.15, -0.1) is 11.3 Å². The van der Waals surface area contributed by atoms with E-state index in [4.69, 9.17) is 29.4 Å². The second-order valence-corrected chi connectivity index (χ2v) is 14.0. The summed E-state index contributed by atoms with van der Waals surface area (Å²) >= 11 is 1.69. The van der Waals surface area contributed by atoms with Gasteiger partial charge in [0.1, 0.15) is 22.4 Å². The highest BCUT2D eigenvalue weighted by molar-refractivity contribution is 7.21. The van der Waals surface area contributed by atoms with Crippen molar-refractivity contribution >= 4 is 40.0 Å². The Balaban J connectivity index is 1.28. The molecule has 4 aliphatic rings. The third kappa shape index (κ3) is 4.77. The minimum Gasteiger partial charge on any atom is -0.364 e. The molecule has 0 unspecified atom stereocenters. The molecule has 10 heteroatoms. The Morgan fingerprint density at radius 3 is 2.62 bits per heavy atom. The van der Waals surface area contributed by atoms with Gasteiger partial charge < -0.3 is 20.1 Å². The maximum absolute atomic E-state index is 6.49. The lowest BCUT2D eigenvalue weighted by Gasteiger charge is -2.32. The van der Waals surface area contributed by atoms with E-state index in [2.05, 4.69) is 49.2 Å². The van der Waals surface area contributed by atoms with Crippen molar-refractivity contribution in [3.63, 3.8) is 0 Å². The van der Waals surface area contributed by atoms with Crippen molar-refractivity contribution < 1.29 is 9.47 Å². The first-order chi connectivity index (χ1) is 19.1. The van der Waals surface area contributed by atoms with Crippen molar-refractivity contribution in [2.24, 2.45) is 16.8 Å². The summed E-state index contributed by atoms with van der Waals surface area (Å²) in [6.45, 7) is 15.1. The molecule has 212 valence electrons. The van der Waals surface area contributed by atoms with Crippen LogP contribution in [0.3, 0.4) is 0 Å². The average molecular weight is 562 g/mol. The maximum atomic E-state index is 6.49. The Bertz CT molecular complexity index is 1460. The summed E-state index contributed by atoms with van der Waals surface area (Å²) in [7, 11) is 0. The SMILES string of the molecule is C=NC(C)(C)[C@H]1C[C@@H](Nc2nc(NCC3CC3)nc(C)c2-c2nc3c(C4CC4)nccc3s2)[C@@H]2OC(C)(C)O[C@@H]21. The normalized spacial score (nSPS) is 27.6. The highest BCUT2D eigenvalue weighted by Gasteiger charge is 2.57. The summed E-state index contributed by atoms with van der Waals surface area (Å²) in [6.07, 6.45) is 7.45. The smallest absolute Gasteiger partial charge is 0.224 e. The number of ether oxygens (including phenoxy) is 2. The van der Waals surface area contributed by atoms with Gasteiger partial charge in [0.25, 0.3) is 0 Å². The molecule has 9 nitrogen and oxygen atoms in total. The number of thiazole rings is 1. The highest BCUT2D eigenvalue weighted by atomic mass is 32.1. The van der Waals surface area contributed by atoms with Crippen molar-refractivity contribution in [1.29, 1.82) is 0 Å². The van der Waals surface area contributed by atoms with E-state index in [0.29, 0.717) is 17.8 Å². The quantitative estimate of drug-likeness (QED) is 0.309. The highest BCUT2D eigenvalue weighted by Crippen LogP contribution is 2.49. The summed E-state index contributed by atoms with van der Waals surface area (Å²) in [5, 5.41) is 8.22. The van der Waals surface area contributed by atoms with Crippen LogP contribution in [0.2, 0.25) is 0 Å². The molecule has 4 heterocycles. The van der Waals surface area contributed by atoms with Gasteiger partial charge in [-0.25, -0.2) is 9.97 Å². The third-order valence-electron chi connectivity index (χ3n) is 8.95. The third-order valence-corrected chi connectivity index (χ3v) is 9.99. The Morgan fingerprint density at radius 1 is 1.12 bits per heavy atom. The zero-order chi connectivity index (χ0) is 27.8. The second kappa shape index (κ2) is 9.42. The van der Waals surface area contributed by atoms with E-state index < -0.39 is 5.79 Å². The van der Waals surface area contributed by atoms with Crippen molar-refractivity contribution in [2.45, 2.75) is 102 Å². The van der Waals surface area contributed by atoms with Gasteiger partial charge >= 0.3 is 0 Å². The number of hydrogen-bond donors (Lipinski definition) is 2. The number of aryl methyl sites for hydroxylation is 1. The lowest BCUT2D eigenvalue weighted by atomic mass is 9.85. The number of anilines is 2. The van der Waals surface area contributed by atoms with Crippen LogP contribution in [0.1, 0.15) is 77.1 Å². The molecule has 1 saturated heterocycles. The van der Waals surface area contributed by atoms with Gasteiger partial charge in [0.05, 0.1) is 39.3 Å². The molecule has 0 radical (unpaired) electrons. The van der Waals surface area contributed by atoms with Gasteiger partial charge in [-0.05, 0) is 85.4 Å². The first-order valence-electron chi connectivity index (χ1n) is 14.6. The number of nitrogens with one attached hydrogen (secondary N) is 2. The number of nitrogens with zero attached hydrogens (tertiary/aromatic N) is 5. The van der Waals surface area contributed by atoms with Crippen LogP contribution in [-0.4, -0.2) is 62.8 Å². The van der Waals surface area contributed by atoms with Crippen LogP contribution in [0, 0.1) is 18.8 Å². The molecule has 2 N–H and O–H groups in total. The number of aliphatic imine (C=N–C) groups is 1. The Labute approximate surface area is 239 Å². The molecule has 4 atom stereocenters. The largest absolute Gasteiger partial charge is 0.364 e. The fraction of sp³-hybridized carbons (Fsp3) is 0.633. The van der Waals surface area contributed by atoms with E-state index in [0.717, 1.165) is 51.0 Å². The van der Waals surface area contributed by atoms with E-state index in [9.17, 15) is 0 Å². The predicted octanol–water partition coefficient (Wildman–Crippen LogP) is 5.96. The Kier molecular flexibility index (Phi) is 6.18. The van der Waals surface area contributed by atoms with E-state index >= 15 is 0 Å². The minimum atomic E-state index is -0.661. The molecule has 3 saturated carbocycles. The van der Waals surface area contributed by atoms with Crippen LogP contribution in [0.25, 0.3) is 20.8 Å². The van der Waals surface area contributed by atoms with Crippen molar-refractivity contribution in [3.05, 3.63) is 23.7 Å². The van der Waals surface area contributed by atoms with Gasteiger partial charge in [0.2, 0.25) is 5.95 Å². The van der Waals surface area contributed by atoms with E-state index in [1.807, 2.05) is 20.0 Å². The number of aromatic nitrogens is 4. The zero-order valence-electron chi connectivity index (χ0n) is 24.0. The summed E-state index contributed by atoms with van der Waals surface area (Å²) in [5.74, 6) is 2.18. The van der Waals surface area contributed by atoms with Gasteiger partial charge in [0, 0.05) is 24.6 Å². The van der Waals surface area contributed by atoms with Crippen LogP contribution in [-0.2, 0) is 9.47 Å². The van der Waals surface area contributed by atoms with E-state index in [1.54, 1.807) is 11.3 Å². The van der Waals surface area contributed by atoms with Crippen molar-refractivity contribution in [2.75, 3.05) is 17.2 Å². The Hall–Kier alpha value is -2.69. The fourth-order valence-corrected chi connectivity index (χ4v) is 7.38. The van der Waals surface area contributed by atoms with Gasteiger partial charge in [-0.1, -0.05) is 0 Å². The molecule has 0 aromatic carbocycles. The fourth-order valence-electron chi connectivity index (χ4n) is 6.31. The van der Waals surface area contributed by atoms with Gasteiger partial charge in [-0.3, -0.25) is 9.98 Å². The first-order valence-corrected chi connectivity index (χ1v) is 15.4. The molecule has 40 heavy (non-hydrogen) atoms. The van der Waals surface area contributed by atoms with Crippen molar-refractivity contribution in [1.82, 2.24) is 19.9 Å². The van der Waals surface area contributed by atoms with E-state index in [1.165, 1.54) is 25.7 Å². The monoisotopic (exact) mass is 561 g/mol. The zero-order valence-corrected chi connectivity index (χ0v) is 24.8. The predicted molar refractivity (Wildman–Crippen MR) is 159 cm³/mol. The molecular formula is C30H39N7O2S. The van der Waals surface area contributed by atoms with Gasteiger partial charge in [0.15, 0.2) is 5.79 Å².